The number of unbranched alkanes of at least 4 members (excludes halogenated alkanes) is 21. The summed E-state index contributed by atoms with van der Waals surface area (Å²) in [5.41, 5.74) is 5.59. The number of nitrogens with zero attached hydrogens (tertiary/aromatic N) is 3. The van der Waals surface area contributed by atoms with E-state index in [-0.39, 0.29) is 0 Å². The van der Waals surface area contributed by atoms with E-state index in [9.17, 15) is 0 Å². The number of methoxy groups -OCH3 is 1. The Morgan fingerprint density at radius 3 is 1.49 bits per heavy atom. The molecule has 43 heavy (non-hydrogen) atoms. The third kappa shape index (κ3) is 24.4. The van der Waals surface area contributed by atoms with Crippen LogP contribution in [-0.4, -0.2) is 41.8 Å². The average molecular weight is 606 g/mol. The van der Waals surface area contributed by atoms with Gasteiger partial charge in [-0.05, 0) is 38.1 Å². The van der Waals surface area contributed by atoms with Gasteiger partial charge in [0.1, 0.15) is 0 Å². The number of aromatic nitrogens is 3. The van der Waals surface area contributed by atoms with Gasteiger partial charge >= 0.3 is 12.0 Å². The quantitative estimate of drug-likeness (QED) is 0.0769. The van der Waals surface area contributed by atoms with Crippen molar-refractivity contribution in [3.8, 4) is 12.0 Å². The Kier molecular flexibility index (Phi) is 27.8. The van der Waals surface area contributed by atoms with Crippen LogP contribution >= 0.6 is 0 Å². The predicted molar refractivity (Wildman–Crippen MR) is 184 cm³/mol. The first-order valence-electron chi connectivity index (χ1n) is 18.6. The molecule has 0 fully saturated rings. The Bertz CT molecular complexity index is 721. The van der Waals surface area contributed by atoms with Crippen LogP contribution in [0, 0.1) is 5.92 Å². The molecule has 1 heterocycles. The van der Waals surface area contributed by atoms with Gasteiger partial charge in [-0.1, -0.05) is 155 Å². The second kappa shape index (κ2) is 30.4. The summed E-state index contributed by atoms with van der Waals surface area (Å²) >= 11 is 0. The van der Waals surface area contributed by atoms with Crippen LogP contribution in [0.25, 0.3) is 0 Å². The minimum absolute atomic E-state index is 0.309. The lowest BCUT2D eigenvalue weighted by atomic mass is 9.94. The molecule has 0 aliphatic carbocycles. The normalized spacial score (nSPS) is 12.0. The highest BCUT2D eigenvalue weighted by Crippen LogP contribution is 2.22. The average Bonchev–Trinajstić information content (AvgIpc) is 3.02. The molecule has 7 nitrogen and oxygen atoms in total. The van der Waals surface area contributed by atoms with Crippen molar-refractivity contribution in [2.24, 2.45) is 11.7 Å². The van der Waals surface area contributed by atoms with Gasteiger partial charge in [-0.2, -0.15) is 9.97 Å². The molecule has 1 aromatic heterocycles. The van der Waals surface area contributed by atoms with Crippen LogP contribution < -0.4 is 20.5 Å². The lowest BCUT2D eigenvalue weighted by Crippen LogP contribution is -2.15. The molecule has 3 N–H and O–H groups in total. The maximum Gasteiger partial charge on any atom is 0.324 e. The van der Waals surface area contributed by atoms with Crippen LogP contribution in [-0.2, 0) is 0 Å². The zero-order chi connectivity index (χ0) is 31.1. The fraction of sp³-hybridized carbons (Fsp3) is 0.917. The number of hydrogen-bond acceptors (Lipinski definition) is 7. The summed E-state index contributed by atoms with van der Waals surface area (Å²) in [5.74, 6) is 1.09. The topological polar surface area (TPSA) is 95.2 Å². The highest BCUT2D eigenvalue weighted by Gasteiger charge is 2.13. The standard InChI is InChI=1S/C36H71N5O2/c1-4-6-8-10-12-14-15-17-21-25-29-33(28-24-20-16-13-11-9-7-5-2)32-43-36-40-34(39-35(41-36)42-3)38-31-27-23-19-18-22-26-30-37/h33H,4-32,37H2,1-3H3,(H,38,39,40,41). The fourth-order valence-electron chi connectivity index (χ4n) is 5.74. The van der Waals surface area contributed by atoms with E-state index in [2.05, 4.69) is 34.1 Å². The third-order valence-corrected chi connectivity index (χ3v) is 8.57. The molecule has 252 valence electrons. The van der Waals surface area contributed by atoms with Gasteiger partial charge in [0.05, 0.1) is 13.7 Å². The molecule has 1 unspecified atom stereocenters. The molecule has 7 heteroatoms. The minimum atomic E-state index is 0.309. The SMILES string of the molecule is CCCCCCCCCCCCC(CCCCCCCCCC)COc1nc(NCCCCCCCCN)nc(OC)n1. The van der Waals surface area contributed by atoms with Crippen molar-refractivity contribution in [2.45, 2.75) is 181 Å². The zero-order valence-electron chi connectivity index (χ0n) is 28.8. The van der Waals surface area contributed by atoms with Gasteiger partial charge in [0, 0.05) is 6.54 Å². The molecule has 0 saturated heterocycles. The van der Waals surface area contributed by atoms with E-state index in [0.717, 1.165) is 25.9 Å². The summed E-state index contributed by atoms with van der Waals surface area (Å²) in [6.07, 6.45) is 34.2. The first kappa shape index (κ1) is 39.4. The molecule has 1 atom stereocenters. The monoisotopic (exact) mass is 606 g/mol. The van der Waals surface area contributed by atoms with Crippen LogP contribution in [0.1, 0.15) is 181 Å². The van der Waals surface area contributed by atoms with Gasteiger partial charge in [0.25, 0.3) is 0 Å². The second-order valence-electron chi connectivity index (χ2n) is 12.7. The third-order valence-electron chi connectivity index (χ3n) is 8.57. The van der Waals surface area contributed by atoms with E-state index in [4.69, 9.17) is 15.2 Å². The number of rotatable bonds is 33. The van der Waals surface area contributed by atoms with E-state index in [0.29, 0.717) is 30.5 Å². The Balaban J connectivity index is 2.47. The zero-order valence-corrected chi connectivity index (χ0v) is 28.8. The fourth-order valence-corrected chi connectivity index (χ4v) is 5.74. The van der Waals surface area contributed by atoms with E-state index in [1.165, 1.54) is 154 Å². The molecule has 1 rings (SSSR count). The minimum Gasteiger partial charge on any atom is -0.467 e. The summed E-state index contributed by atoms with van der Waals surface area (Å²) in [4.78, 5) is 13.3. The molecule has 0 amide bonds. The maximum absolute atomic E-state index is 6.21. The van der Waals surface area contributed by atoms with Crippen molar-refractivity contribution >= 4 is 5.95 Å². The Hall–Kier alpha value is -1.63. The van der Waals surface area contributed by atoms with Crippen LogP contribution in [0.2, 0.25) is 0 Å². The van der Waals surface area contributed by atoms with Crippen LogP contribution in [0.3, 0.4) is 0 Å². The number of nitrogens with two attached hydrogens (primary N) is 1. The van der Waals surface area contributed by atoms with Crippen molar-refractivity contribution in [2.75, 3.05) is 32.1 Å². The first-order chi connectivity index (χ1) is 21.2. The highest BCUT2D eigenvalue weighted by atomic mass is 16.5. The van der Waals surface area contributed by atoms with Crippen molar-refractivity contribution in [1.82, 2.24) is 15.0 Å². The Morgan fingerprint density at radius 2 is 1.00 bits per heavy atom. The molecule has 0 saturated carbocycles. The predicted octanol–water partition coefficient (Wildman–Crippen LogP) is 10.4. The summed E-state index contributed by atoms with van der Waals surface area (Å²) in [5, 5.41) is 3.35. The number of anilines is 1. The van der Waals surface area contributed by atoms with Gasteiger partial charge in [0.2, 0.25) is 5.95 Å². The molecular weight excluding hydrogens is 534 g/mol. The molecule has 0 bridgehead atoms. The Labute approximate surface area is 266 Å². The number of nitrogens with one attached hydrogen (secondary N) is 1. The van der Waals surface area contributed by atoms with Gasteiger partial charge in [-0.15, -0.1) is 4.98 Å². The highest BCUT2D eigenvalue weighted by molar-refractivity contribution is 5.27. The Morgan fingerprint density at radius 1 is 0.558 bits per heavy atom. The van der Waals surface area contributed by atoms with E-state index in [1.54, 1.807) is 7.11 Å². The first-order valence-corrected chi connectivity index (χ1v) is 18.6. The van der Waals surface area contributed by atoms with Crippen molar-refractivity contribution in [3.05, 3.63) is 0 Å². The second-order valence-corrected chi connectivity index (χ2v) is 12.7. The molecule has 0 aliphatic heterocycles. The molecule has 0 radical (unpaired) electrons. The molecule has 0 spiro atoms. The van der Waals surface area contributed by atoms with Crippen LogP contribution in [0.5, 0.6) is 12.0 Å². The van der Waals surface area contributed by atoms with Crippen molar-refractivity contribution < 1.29 is 9.47 Å². The molecular formula is C36H71N5O2. The molecule has 0 aliphatic rings. The van der Waals surface area contributed by atoms with Crippen molar-refractivity contribution in [1.29, 1.82) is 0 Å². The number of ether oxygens (including phenoxy) is 2. The van der Waals surface area contributed by atoms with Crippen LogP contribution in [0.15, 0.2) is 0 Å². The smallest absolute Gasteiger partial charge is 0.324 e. The van der Waals surface area contributed by atoms with Gasteiger partial charge in [0.15, 0.2) is 0 Å². The van der Waals surface area contributed by atoms with Crippen LogP contribution in [0.4, 0.5) is 5.95 Å². The summed E-state index contributed by atoms with van der Waals surface area (Å²) in [7, 11) is 1.60. The van der Waals surface area contributed by atoms with E-state index in [1.807, 2.05) is 0 Å². The number of hydrogen-bond donors (Lipinski definition) is 2. The lowest BCUT2D eigenvalue weighted by Gasteiger charge is -2.17. The summed E-state index contributed by atoms with van der Waals surface area (Å²) < 4.78 is 11.6. The summed E-state index contributed by atoms with van der Waals surface area (Å²) in [6.45, 7) is 6.88. The van der Waals surface area contributed by atoms with Gasteiger partial charge < -0.3 is 20.5 Å². The van der Waals surface area contributed by atoms with E-state index >= 15 is 0 Å². The largest absolute Gasteiger partial charge is 0.467 e. The summed E-state index contributed by atoms with van der Waals surface area (Å²) in [6, 6.07) is 0.684. The van der Waals surface area contributed by atoms with Gasteiger partial charge in [-0.25, -0.2) is 0 Å². The van der Waals surface area contributed by atoms with Crippen molar-refractivity contribution in [3.63, 3.8) is 0 Å². The lowest BCUT2D eigenvalue weighted by molar-refractivity contribution is 0.206. The maximum atomic E-state index is 6.21. The molecule has 1 aromatic rings. The van der Waals surface area contributed by atoms with Gasteiger partial charge in [-0.3, -0.25) is 0 Å². The van der Waals surface area contributed by atoms with E-state index < -0.39 is 0 Å². The molecule has 0 aromatic carbocycles.